The van der Waals surface area contributed by atoms with Crippen LogP contribution in [0, 0.1) is 0 Å². The van der Waals surface area contributed by atoms with Gasteiger partial charge in [0.25, 0.3) is 0 Å². The van der Waals surface area contributed by atoms with E-state index in [1.165, 1.54) is 104 Å². The van der Waals surface area contributed by atoms with E-state index in [2.05, 4.69) is 17.6 Å². The molecule has 0 aliphatic rings. The van der Waals surface area contributed by atoms with Gasteiger partial charge < -0.3 is 20.1 Å². The third kappa shape index (κ3) is 18.7. The zero-order valence-electron chi connectivity index (χ0n) is 27.0. The first-order valence-corrected chi connectivity index (χ1v) is 16.3. The molecule has 0 bridgehead atoms. The molecular formula is C33H59N4O5+. The Bertz CT molecular complexity index is 867. The second-order valence-electron chi connectivity index (χ2n) is 11.3. The zero-order chi connectivity index (χ0) is 30.8. The van der Waals surface area contributed by atoms with E-state index < -0.39 is 24.1 Å². The van der Waals surface area contributed by atoms with Crippen molar-refractivity contribution in [3.05, 3.63) is 30.1 Å². The number of nitrogens with zero attached hydrogens (tertiary/aromatic N) is 2. The number of hydrogen-bond donors (Lipinski definition) is 2. The van der Waals surface area contributed by atoms with E-state index in [1.807, 2.05) is 36.0 Å². The molecule has 1 atom stereocenters. The zero-order valence-corrected chi connectivity index (χ0v) is 27.0. The molecule has 1 rings (SSSR count). The fourth-order valence-electron chi connectivity index (χ4n) is 4.84. The molecule has 9 nitrogen and oxygen atoms in total. The average molecular weight is 592 g/mol. The van der Waals surface area contributed by atoms with Crippen molar-refractivity contribution >= 4 is 18.0 Å². The summed E-state index contributed by atoms with van der Waals surface area (Å²) in [6, 6.07) is 5.14. The minimum Gasteiger partial charge on any atom is -0.447 e. The summed E-state index contributed by atoms with van der Waals surface area (Å²) >= 11 is 0. The molecule has 9 heteroatoms. The van der Waals surface area contributed by atoms with E-state index in [0.29, 0.717) is 6.54 Å². The molecule has 0 radical (unpaired) electrons. The molecule has 4 amide bonds. The van der Waals surface area contributed by atoms with Gasteiger partial charge in [-0.15, -0.1) is 0 Å². The molecule has 1 aromatic heterocycles. The molecule has 0 saturated heterocycles. The summed E-state index contributed by atoms with van der Waals surface area (Å²) in [6.07, 6.45) is 21.7. The fourth-order valence-corrected chi connectivity index (χ4v) is 4.84. The van der Waals surface area contributed by atoms with Crippen LogP contribution >= 0.6 is 0 Å². The van der Waals surface area contributed by atoms with E-state index in [0.717, 1.165) is 23.4 Å². The van der Waals surface area contributed by atoms with E-state index in [4.69, 9.17) is 9.47 Å². The van der Waals surface area contributed by atoms with Gasteiger partial charge in [0.05, 0.1) is 6.54 Å². The molecule has 0 aliphatic heterocycles. The average Bonchev–Trinajstić information content (AvgIpc) is 2.98. The highest BCUT2D eigenvalue weighted by molar-refractivity contribution is 5.93. The summed E-state index contributed by atoms with van der Waals surface area (Å²) in [4.78, 5) is 38.0. The first kappa shape index (κ1) is 37.3. The van der Waals surface area contributed by atoms with Crippen LogP contribution in [0.25, 0.3) is 0 Å². The Morgan fingerprint density at radius 1 is 0.833 bits per heavy atom. The van der Waals surface area contributed by atoms with Crippen molar-refractivity contribution in [2.45, 2.75) is 129 Å². The molecule has 0 fully saturated rings. The summed E-state index contributed by atoms with van der Waals surface area (Å²) in [5, 5.41) is 5.53. The SMILES string of the molecule is CCCCCCCCCCCCCCCCCCNC(=O)OCC(CN(C(C)=O)C(=O)NCc1cccc[n+]1C)OC. The first-order chi connectivity index (χ1) is 20.4. The topological polar surface area (TPSA) is 101 Å². The Morgan fingerprint density at radius 2 is 1.38 bits per heavy atom. The van der Waals surface area contributed by atoms with E-state index >= 15 is 0 Å². The Hall–Kier alpha value is -2.68. The van der Waals surface area contributed by atoms with Crippen molar-refractivity contribution < 1.29 is 28.4 Å². The molecule has 240 valence electrons. The van der Waals surface area contributed by atoms with Gasteiger partial charge in [0, 0.05) is 32.7 Å². The number of carbonyl (C=O) groups is 3. The van der Waals surface area contributed by atoms with Gasteiger partial charge in [-0.25, -0.2) is 14.2 Å². The summed E-state index contributed by atoms with van der Waals surface area (Å²) in [6.45, 7) is 4.34. The summed E-state index contributed by atoms with van der Waals surface area (Å²) < 4.78 is 12.5. The lowest BCUT2D eigenvalue weighted by molar-refractivity contribution is -0.679. The Labute approximate surface area is 255 Å². The van der Waals surface area contributed by atoms with Crippen LogP contribution in [0.1, 0.15) is 122 Å². The molecule has 0 aromatic carbocycles. The van der Waals surface area contributed by atoms with Gasteiger partial charge in [-0.3, -0.25) is 9.69 Å². The van der Waals surface area contributed by atoms with Crippen LogP contribution in [0.5, 0.6) is 0 Å². The molecule has 1 heterocycles. The predicted octanol–water partition coefficient (Wildman–Crippen LogP) is 6.57. The lowest BCUT2D eigenvalue weighted by atomic mass is 10.0. The van der Waals surface area contributed by atoms with Gasteiger partial charge in [-0.2, -0.15) is 0 Å². The van der Waals surface area contributed by atoms with Gasteiger partial charge >= 0.3 is 12.1 Å². The van der Waals surface area contributed by atoms with E-state index in [9.17, 15) is 14.4 Å². The Kier molecular flexibility index (Phi) is 22.1. The number of imide groups is 1. The van der Waals surface area contributed by atoms with Gasteiger partial charge in [0.15, 0.2) is 6.20 Å². The number of aromatic nitrogens is 1. The quantitative estimate of drug-likeness (QED) is 0.105. The summed E-state index contributed by atoms with van der Waals surface area (Å²) in [7, 11) is 3.34. The number of hydrogen-bond acceptors (Lipinski definition) is 5. The van der Waals surface area contributed by atoms with Gasteiger partial charge in [0.2, 0.25) is 11.6 Å². The number of methoxy groups -OCH3 is 1. The second-order valence-corrected chi connectivity index (χ2v) is 11.3. The number of amides is 4. The molecule has 42 heavy (non-hydrogen) atoms. The number of urea groups is 1. The number of ether oxygens (including phenoxy) is 2. The lowest BCUT2D eigenvalue weighted by Gasteiger charge is -2.24. The third-order valence-corrected chi connectivity index (χ3v) is 7.63. The predicted molar refractivity (Wildman–Crippen MR) is 167 cm³/mol. The highest BCUT2D eigenvalue weighted by atomic mass is 16.6. The van der Waals surface area contributed by atoms with Crippen LogP contribution in [0.3, 0.4) is 0 Å². The fraction of sp³-hybridized carbons (Fsp3) is 0.758. The third-order valence-electron chi connectivity index (χ3n) is 7.63. The number of unbranched alkanes of at least 4 members (excludes halogenated alkanes) is 15. The van der Waals surface area contributed by atoms with Crippen molar-refractivity contribution in [1.82, 2.24) is 15.5 Å². The van der Waals surface area contributed by atoms with Crippen LogP contribution in [0.15, 0.2) is 24.4 Å². The monoisotopic (exact) mass is 591 g/mol. The number of rotatable bonds is 24. The van der Waals surface area contributed by atoms with Crippen LogP contribution < -0.4 is 15.2 Å². The molecule has 0 aliphatic carbocycles. The largest absolute Gasteiger partial charge is 0.447 e. The number of nitrogens with one attached hydrogen (secondary N) is 2. The summed E-state index contributed by atoms with van der Waals surface area (Å²) in [5.74, 6) is -0.417. The number of alkyl carbamates (subject to hydrolysis) is 1. The van der Waals surface area contributed by atoms with Crippen molar-refractivity contribution in [2.75, 3.05) is 26.8 Å². The molecular weight excluding hydrogens is 532 g/mol. The normalized spacial score (nSPS) is 11.6. The first-order valence-electron chi connectivity index (χ1n) is 16.3. The minimum atomic E-state index is -0.631. The van der Waals surface area contributed by atoms with Crippen LogP contribution in [-0.2, 0) is 27.9 Å². The maximum atomic E-state index is 12.7. The Balaban J connectivity index is 2.08. The van der Waals surface area contributed by atoms with Crippen molar-refractivity contribution in [3.63, 3.8) is 0 Å². The molecule has 0 saturated carbocycles. The van der Waals surface area contributed by atoms with E-state index in [1.54, 1.807) is 0 Å². The number of aryl methyl sites for hydroxylation is 1. The van der Waals surface area contributed by atoms with Crippen LogP contribution in [0.4, 0.5) is 9.59 Å². The maximum Gasteiger partial charge on any atom is 0.407 e. The van der Waals surface area contributed by atoms with E-state index in [-0.39, 0.29) is 19.7 Å². The standard InChI is InChI=1S/C33H58N4O5/c1-5-6-7-8-9-10-11-12-13-14-15-16-17-18-19-21-24-34-33(40)42-28-31(41-4)27-37(29(2)38)32(39)35-26-30-23-20-22-25-36(30)3/h20,22-23,25,31H,5-19,21,24,26-28H2,1-4H3,(H-,34,35,39,40)/p+1. The van der Waals surface area contributed by atoms with Gasteiger partial charge in [0.1, 0.15) is 26.3 Å². The molecule has 2 N–H and O–H groups in total. The maximum absolute atomic E-state index is 12.7. The molecule has 1 unspecified atom stereocenters. The highest BCUT2D eigenvalue weighted by Crippen LogP contribution is 2.13. The summed E-state index contributed by atoms with van der Waals surface area (Å²) in [5.41, 5.74) is 0.891. The van der Waals surface area contributed by atoms with Gasteiger partial charge in [-0.1, -0.05) is 109 Å². The Morgan fingerprint density at radius 3 is 1.88 bits per heavy atom. The highest BCUT2D eigenvalue weighted by Gasteiger charge is 2.24. The van der Waals surface area contributed by atoms with Gasteiger partial charge in [-0.05, 0) is 6.42 Å². The molecule has 1 aromatic rings. The number of pyridine rings is 1. The van der Waals surface area contributed by atoms with Crippen LogP contribution in [0.2, 0.25) is 0 Å². The second kappa shape index (κ2) is 24.9. The van der Waals surface area contributed by atoms with Crippen molar-refractivity contribution in [2.24, 2.45) is 7.05 Å². The smallest absolute Gasteiger partial charge is 0.407 e. The molecule has 0 spiro atoms. The van der Waals surface area contributed by atoms with Crippen molar-refractivity contribution in [3.8, 4) is 0 Å². The lowest BCUT2D eigenvalue weighted by Crippen LogP contribution is -2.48. The minimum absolute atomic E-state index is 0.0228. The van der Waals surface area contributed by atoms with Crippen LogP contribution in [-0.4, -0.2) is 55.8 Å². The van der Waals surface area contributed by atoms with Crippen molar-refractivity contribution in [1.29, 1.82) is 0 Å². The number of carbonyl (C=O) groups excluding carboxylic acids is 3.